The lowest BCUT2D eigenvalue weighted by molar-refractivity contribution is -0.115. The monoisotopic (exact) mass is 306 g/mol. The molecule has 0 saturated heterocycles. The average Bonchev–Trinajstić information content (AvgIpc) is 2.49. The molecule has 2 amide bonds. The van der Waals surface area contributed by atoms with Gasteiger partial charge in [0.1, 0.15) is 5.69 Å². The number of anilines is 1. The number of aryl methyl sites for hydroxylation is 1. The van der Waals surface area contributed by atoms with Crippen LogP contribution in [0.5, 0.6) is 0 Å². The van der Waals surface area contributed by atoms with Crippen LogP contribution in [0.25, 0.3) is 0 Å². The fourth-order valence-electron chi connectivity index (χ4n) is 1.54. The molecule has 0 fully saturated rings. The van der Waals surface area contributed by atoms with Crippen LogP contribution in [-0.2, 0) is 4.79 Å². The Morgan fingerprint density at radius 1 is 1.14 bits per heavy atom. The lowest BCUT2D eigenvalue weighted by Crippen LogP contribution is -2.33. The summed E-state index contributed by atoms with van der Waals surface area (Å²) in [5.74, 6) is -3.23. The molecule has 0 aliphatic carbocycles. The minimum absolute atomic E-state index is 0.0752. The summed E-state index contributed by atoms with van der Waals surface area (Å²) in [6.07, 6.45) is 2.72. The third kappa shape index (κ3) is 4.05. The average molecular weight is 306 g/mol. The summed E-state index contributed by atoms with van der Waals surface area (Å²) in [6, 6.07) is 2.95. The smallest absolute Gasteiger partial charge is 0.271 e. The Labute approximate surface area is 124 Å². The molecule has 1 aromatic heterocycles. The molecule has 8 heteroatoms. The number of nitrogens with zero attached hydrogens (tertiary/aromatic N) is 2. The van der Waals surface area contributed by atoms with Crippen molar-refractivity contribution in [2.45, 2.75) is 6.92 Å². The molecule has 2 rings (SSSR count). The summed E-state index contributed by atoms with van der Waals surface area (Å²) in [6.45, 7) is 1.39. The topological polar surface area (TPSA) is 84.0 Å². The van der Waals surface area contributed by atoms with E-state index in [-0.39, 0.29) is 17.9 Å². The quantitative estimate of drug-likeness (QED) is 0.895. The number of carbonyl (C=O) groups excluding carboxylic acids is 2. The molecule has 6 nitrogen and oxygen atoms in total. The molecule has 2 aromatic rings. The van der Waals surface area contributed by atoms with Gasteiger partial charge in [0.2, 0.25) is 5.91 Å². The first-order valence-electron chi connectivity index (χ1n) is 6.27. The summed E-state index contributed by atoms with van der Waals surface area (Å²) in [4.78, 5) is 31.1. The van der Waals surface area contributed by atoms with Gasteiger partial charge in [0, 0.05) is 18.0 Å². The van der Waals surface area contributed by atoms with Crippen LogP contribution in [0.15, 0.2) is 30.6 Å². The van der Waals surface area contributed by atoms with E-state index in [0.717, 1.165) is 12.1 Å². The number of aromatic nitrogens is 2. The first kappa shape index (κ1) is 15.5. The van der Waals surface area contributed by atoms with Crippen LogP contribution in [-0.4, -0.2) is 28.3 Å². The molecule has 0 radical (unpaired) electrons. The molecule has 0 aliphatic heterocycles. The molecule has 1 aromatic carbocycles. The molecule has 2 N–H and O–H groups in total. The van der Waals surface area contributed by atoms with Crippen molar-refractivity contribution in [3.63, 3.8) is 0 Å². The van der Waals surface area contributed by atoms with E-state index < -0.39 is 23.4 Å². The SMILES string of the molecule is Cc1cnc(C(=O)NCC(=O)Nc2ccc(F)c(F)c2)cn1. The predicted octanol–water partition coefficient (Wildman–Crippen LogP) is 1.43. The summed E-state index contributed by atoms with van der Waals surface area (Å²) in [7, 11) is 0. The van der Waals surface area contributed by atoms with Crippen LogP contribution in [0.4, 0.5) is 14.5 Å². The van der Waals surface area contributed by atoms with Gasteiger partial charge in [-0.05, 0) is 19.1 Å². The second-order valence-electron chi connectivity index (χ2n) is 4.40. The van der Waals surface area contributed by atoms with Gasteiger partial charge in [0.05, 0.1) is 18.4 Å². The van der Waals surface area contributed by atoms with Crippen molar-refractivity contribution in [1.82, 2.24) is 15.3 Å². The Kier molecular flexibility index (Phi) is 4.72. The van der Waals surface area contributed by atoms with Gasteiger partial charge in [-0.25, -0.2) is 13.8 Å². The van der Waals surface area contributed by atoms with Crippen LogP contribution in [0, 0.1) is 18.6 Å². The zero-order chi connectivity index (χ0) is 16.1. The van der Waals surface area contributed by atoms with Gasteiger partial charge >= 0.3 is 0 Å². The van der Waals surface area contributed by atoms with Crippen molar-refractivity contribution in [1.29, 1.82) is 0 Å². The Hall–Kier alpha value is -2.90. The van der Waals surface area contributed by atoms with E-state index in [1.807, 2.05) is 0 Å². The minimum atomic E-state index is -1.07. The molecule has 0 atom stereocenters. The van der Waals surface area contributed by atoms with Crippen LogP contribution >= 0.6 is 0 Å². The fraction of sp³-hybridized carbons (Fsp3) is 0.143. The van der Waals surface area contributed by atoms with Crippen molar-refractivity contribution >= 4 is 17.5 Å². The van der Waals surface area contributed by atoms with Crippen molar-refractivity contribution in [2.24, 2.45) is 0 Å². The van der Waals surface area contributed by atoms with Crippen molar-refractivity contribution in [3.8, 4) is 0 Å². The number of halogens is 2. The second kappa shape index (κ2) is 6.70. The maximum atomic E-state index is 13.0. The number of hydrogen-bond donors (Lipinski definition) is 2. The van der Waals surface area contributed by atoms with Gasteiger partial charge in [-0.2, -0.15) is 0 Å². The fourth-order valence-corrected chi connectivity index (χ4v) is 1.54. The minimum Gasteiger partial charge on any atom is -0.342 e. The highest BCUT2D eigenvalue weighted by Crippen LogP contribution is 2.12. The molecular formula is C14H12F2N4O2. The summed E-state index contributed by atoms with van der Waals surface area (Å²) in [5.41, 5.74) is 0.826. The van der Waals surface area contributed by atoms with Crippen LogP contribution < -0.4 is 10.6 Å². The Morgan fingerprint density at radius 2 is 1.91 bits per heavy atom. The first-order valence-corrected chi connectivity index (χ1v) is 6.27. The number of rotatable bonds is 4. The van der Waals surface area contributed by atoms with Gasteiger partial charge in [-0.3, -0.25) is 14.6 Å². The Balaban J connectivity index is 1.88. The molecule has 0 spiro atoms. The highest BCUT2D eigenvalue weighted by molar-refractivity contribution is 5.98. The Morgan fingerprint density at radius 3 is 2.55 bits per heavy atom. The van der Waals surface area contributed by atoms with Gasteiger partial charge in [-0.15, -0.1) is 0 Å². The number of benzene rings is 1. The largest absolute Gasteiger partial charge is 0.342 e. The van der Waals surface area contributed by atoms with Crippen molar-refractivity contribution in [3.05, 3.63) is 53.6 Å². The van der Waals surface area contributed by atoms with Crippen LogP contribution in [0.2, 0.25) is 0 Å². The highest BCUT2D eigenvalue weighted by Gasteiger charge is 2.10. The third-order valence-electron chi connectivity index (χ3n) is 2.63. The molecule has 0 unspecified atom stereocenters. The van der Waals surface area contributed by atoms with Crippen LogP contribution in [0.1, 0.15) is 16.2 Å². The summed E-state index contributed by atoms with van der Waals surface area (Å²) >= 11 is 0. The zero-order valence-electron chi connectivity index (χ0n) is 11.6. The van der Waals surface area contributed by atoms with E-state index in [0.29, 0.717) is 5.69 Å². The van der Waals surface area contributed by atoms with Crippen molar-refractivity contribution < 1.29 is 18.4 Å². The molecule has 114 valence electrons. The van der Waals surface area contributed by atoms with E-state index >= 15 is 0 Å². The first-order chi connectivity index (χ1) is 10.5. The molecule has 1 heterocycles. The van der Waals surface area contributed by atoms with E-state index in [2.05, 4.69) is 20.6 Å². The number of amides is 2. The maximum absolute atomic E-state index is 13.0. The lowest BCUT2D eigenvalue weighted by Gasteiger charge is -2.07. The molecule has 22 heavy (non-hydrogen) atoms. The normalized spacial score (nSPS) is 10.1. The summed E-state index contributed by atoms with van der Waals surface area (Å²) in [5, 5.41) is 4.67. The van der Waals surface area contributed by atoms with E-state index in [1.165, 1.54) is 18.5 Å². The van der Waals surface area contributed by atoms with Gasteiger partial charge in [0.15, 0.2) is 11.6 Å². The zero-order valence-corrected chi connectivity index (χ0v) is 11.6. The van der Waals surface area contributed by atoms with E-state index in [4.69, 9.17) is 0 Å². The Bertz CT molecular complexity index is 704. The van der Waals surface area contributed by atoms with E-state index in [9.17, 15) is 18.4 Å². The highest BCUT2D eigenvalue weighted by atomic mass is 19.2. The van der Waals surface area contributed by atoms with E-state index in [1.54, 1.807) is 6.92 Å². The molecule has 0 saturated carbocycles. The maximum Gasteiger partial charge on any atom is 0.271 e. The van der Waals surface area contributed by atoms with Crippen LogP contribution in [0.3, 0.4) is 0 Å². The van der Waals surface area contributed by atoms with Gasteiger partial charge in [-0.1, -0.05) is 0 Å². The molecular weight excluding hydrogens is 294 g/mol. The lowest BCUT2D eigenvalue weighted by atomic mass is 10.3. The summed E-state index contributed by atoms with van der Waals surface area (Å²) < 4.78 is 25.7. The molecule has 0 aliphatic rings. The predicted molar refractivity (Wildman–Crippen MR) is 74.1 cm³/mol. The second-order valence-corrected chi connectivity index (χ2v) is 4.40. The number of carbonyl (C=O) groups is 2. The van der Waals surface area contributed by atoms with Gasteiger partial charge in [0.25, 0.3) is 5.91 Å². The van der Waals surface area contributed by atoms with Crippen molar-refractivity contribution in [2.75, 3.05) is 11.9 Å². The molecule has 0 bridgehead atoms. The third-order valence-corrected chi connectivity index (χ3v) is 2.63. The number of nitrogens with one attached hydrogen (secondary N) is 2. The van der Waals surface area contributed by atoms with Gasteiger partial charge < -0.3 is 10.6 Å². The standard InChI is InChI=1S/C14H12F2N4O2/c1-8-5-18-12(6-17-8)14(22)19-7-13(21)20-9-2-3-10(15)11(16)4-9/h2-6H,7H2,1H3,(H,19,22)(H,20,21). The number of hydrogen-bond acceptors (Lipinski definition) is 4.